The van der Waals surface area contributed by atoms with Crippen LogP contribution in [0.15, 0.2) is 53.7 Å². The molecular weight excluding hydrogens is 362 g/mol. The van der Waals surface area contributed by atoms with Gasteiger partial charge in [-0.15, -0.1) is 5.10 Å². The van der Waals surface area contributed by atoms with Gasteiger partial charge >= 0.3 is 0 Å². The second kappa shape index (κ2) is 9.09. The Bertz CT molecular complexity index is 895. The summed E-state index contributed by atoms with van der Waals surface area (Å²) in [7, 11) is 1.60. The fourth-order valence-electron chi connectivity index (χ4n) is 2.37. The highest BCUT2D eigenvalue weighted by Crippen LogP contribution is 2.18. The first-order valence-corrected chi connectivity index (χ1v) is 9.40. The Morgan fingerprint density at radius 1 is 1.19 bits per heavy atom. The van der Waals surface area contributed by atoms with E-state index in [-0.39, 0.29) is 11.7 Å². The third-order valence-electron chi connectivity index (χ3n) is 3.81. The average Bonchev–Trinajstić information content (AvgIpc) is 3.14. The van der Waals surface area contributed by atoms with Crippen molar-refractivity contribution in [2.24, 2.45) is 0 Å². The molecule has 1 heterocycles. The number of nitrogens with one attached hydrogen (secondary N) is 3. The lowest BCUT2D eigenvalue weighted by molar-refractivity contribution is -0.113. The maximum atomic E-state index is 12.1. The van der Waals surface area contributed by atoms with Crippen LogP contribution in [0.2, 0.25) is 0 Å². The minimum atomic E-state index is -0.116. The number of para-hydroxylation sites is 1. The van der Waals surface area contributed by atoms with E-state index in [2.05, 4.69) is 25.8 Å². The van der Waals surface area contributed by atoms with Gasteiger partial charge in [-0.05, 0) is 42.8 Å². The van der Waals surface area contributed by atoms with Crippen molar-refractivity contribution in [2.45, 2.75) is 18.6 Å². The summed E-state index contributed by atoms with van der Waals surface area (Å²) >= 11 is 1.28. The molecule has 0 unspecified atom stereocenters. The zero-order chi connectivity index (χ0) is 19.1. The third kappa shape index (κ3) is 5.49. The van der Waals surface area contributed by atoms with Gasteiger partial charge in [0.15, 0.2) is 0 Å². The number of aromatic amines is 1. The molecule has 2 aromatic carbocycles. The molecule has 1 amide bonds. The third-order valence-corrected chi connectivity index (χ3v) is 4.66. The van der Waals surface area contributed by atoms with Gasteiger partial charge in [0, 0.05) is 11.4 Å². The molecule has 7 nitrogen and oxygen atoms in total. The van der Waals surface area contributed by atoms with E-state index in [1.807, 2.05) is 31.2 Å². The van der Waals surface area contributed by atoms with Crippen molar-refractivity contribution in [2.75, 3.05) is 23.5 Å². The number of thioether (sulfide) groups is 1. The number of amides is 1. The van der Waals surface area contributed by atoms with Crippen LogP contribution >= 0.6 is 11.8 Å². The molecule has 8 heteroatoms. The summed E-state index contributed by atoms with van der Waals surface area (Å²) in [5, 5.41) is 13.7. The van der Waals surface area contributed by atoms with Crippen molar-refractivity contribution in [3.63, 3.8) is 0 Å². The number of nitrogens with zero attached hydrogens (tertiary/aromatic N) is 2. The fourth-order valence-corrected chi connectivity index (χ4v) is 2.99. The highest BCUT2D eigenvalue weighted by atomic mass is 32.2. The quantitative estimate of drug-likeness (QED) is 0.516. The number of aryl methyl sites for hydroxylation is 1. The van der Waals surface area contributed by atoms with E-state index in [4.69, 9.17) is 4.74 Å². The fraction of sp³-hybridized carbons (Fsp3) is 0.211. The molecule has 0 radical (unpaired) electrons. The largest absolute Gasteiger partial charge is 0.497 e. The van der Waals surface area contributed by atoms with E-state index < -0.39 is 0 Å². The molecule has 0 fully saturated rings. The number of anilines is 2. The molecule has 0 spiro atoms. The summed E-state index contributed by atoms with van der Waals surface area (Å²) in [6, 6.07) is 15.2. The van der Waals surface area contributed by atoms with Crippen LogP contribution in [0, 0.1) is 6.92 Å². The summed E-state index contributed by atoms with van der Waals surface area (Å²) in [5.41, 5.74) is 2.95. The van der Waals surface area contributed by atoms with Crippen LogP contribution in [-0.2, 0) is 11.3 Å². The molecule has 3 rings (SSSR count). The zero-order valence-electron chi connectivity index (χ0n) is 15.2. The summed E-state index contributed by atoms with van der Waals surface area (Å²) in [4.78, 5) is 16.4. The van der Waals surface area contributed by atoms with E-state index >= 15 is 0 Å². The van der Waals surface area contributed by atoms with E-state index in [9.17, 15) is 4.79 Å². The molecule has 140 valence electrons. The van der Waals surface area contributed by atoms with Crippen molar-refractivity contribution < 1.29 is 9.53 Å². The molecule has 0 aliphatic rings. The summed E-state index contributed by atoms with van der Waals surface area (Å²) in [6.45, 7) is 2.59. The standard InChI is InChI=1S/C19H21N5O2S/c1-13-5-3-4-6-16(13)20-11-17-22-19(24-23-17)27-12-18(25)21-14-7-9-15(26-2)10-8-14/h3-10,20H,11-12H2,1-2H3,(H,21,25)(H,22,23,24). The van der Waals surface area contributed by atoms with E-state index in [1.54, 1.807) is 31.4 Å². The van der Waals surface area contributed by atoms with Crippen LogP contribution < -0.4 is 15.4 Å². The van der Waals surface area contributed by atoms with Crippen LogP contribution in [0.25, 0.3) is 0 Å². The minimum Gasteiger partial charge on any atom is -0.497 e. The number of aromatic nitrogens is 3. The Balaban J connectivity index is 1.46. The van der Waals surface area contributed by atoms with E-state index in [0.717, 1.165) is 22.9 Å². The van der Waals surface area contributed by atoms with Crippen molar-refractivity contribution in [3.05, 3.63) is 59.9 Å². The number of H-pyrrole nitrogens is 1. The highest BCUT2D eigenvalue weighted by molar-refractivity contribution is 7.99. The maximum absolute atomic E-state index is 12.1. The van der Waals surface area contributed by atoms with Crippen LogP contribution in [0.4, 0.5) is 11.4 Å². The van der Waals surface area contributed by atoms with Crippen molar-refractivity contribution in [1.82, 2.24) is 15.2 Å². The Hall–Kier alpha value is -3.00. The van der Waals surface area contributed by atoms with Gasteiger partial charge < -0.3 is 15.4 Å². The first-order valence-electron chi connectivity index (χ1n) is 8.41. The Kier molecular flexibility index (Phi) is 6.32. The van der Waals surface area contributed by atoms with E-state index in [0.29, 0.717) is 11.7 Å². The van der Waals surface area contributed by atoms with Crippen LogP contribution in [-0.4, -0.2) is 34.0 Å². The topological polar surface area (TPSA) is 91.9 Å². The number of methoxy groups -OCH3 is 1. The summed E-state index contributed by atoms with van der Waals surface area (Å²) < 4.78 is 5.09. The number of carbonyl (C=O) groups excluding carboxylic acids is 1. The summed E-state index contributed by atoms with van der Waals surface area (Å²) in [6.07, 6.45) is 0. The summed E-state index contributed by atoms with van der Waals surface area (Å²) in [5.74, 6) is 1.58. The van der Waals surface area contributed by atoms with Gasteiger partial charge in [-0.2, -0.15) is 0 Å². The predicted molar refractivity (Wildman–Crippen MR) is 107 cm³/mol. The van der Waals surface area contributed by atoms with E-state index in [1.165, 1.54) is 17.3 Å². The second-order valence-electron chi connectivity index (χ2n) is 5.80. The maximum Gasteiger partial charge on any atom is 0.234 e. The van der Waals surface area contributed by atoms with Crippen LogP contribution in [0.5, 0.6) is 5.75 Å². The average molecular weight is 383 g/mol. The number of benzene rings is 2. The lowest BCUT2D eigenvalue weighted by atomic mass is 10.2. The molecule has 0 saturated carbocycles. The number of carbonyl (C=O) groups is 1. The minimum absolute atomic E-state index is 0.116. The molecule has 0 bridgehead atoms. The number of ether oxygens (including phenoxy) is 1. The Morgan fingerprint density at radius 2 is 1.96 bits per heavy atom. The molecule has 1 aromatic heterocycles. The monoisotopic (exact) mass is 383 g/mol. The van der Waals surface area contributed by atoms with Crippen molar-refractivity contribution in [1.29, 1.82) is 0 Å². The van der Waals surface area contributed by atoms with Gasteiger partial charge in [0.25, 0.3) is 0 Å². The first kappa shape index (κ1) is 18.8. The van der Waals surface area contributed by atoms with Gasteiger partial charge in [-0.25, -0.2) is 4.98 Å². The smallest absolute Gasteiger partial charge is 0.234 e. The Morgan fingerprint density at radius 3 is 2.70 bits per heavy atom. The molecule has 27 heavy (non-hydrogen) atoms. The Labute approximate surface area is 161 Å². The number of hydrogen-bond acceptors (Lipinski definition) is 6. The van der Waals surface area contributed by atoms with Gasteiger partial charge in [-0.3, -0.25) is 9.89 Å². The lowest BCUT2D eigenvalue weighted by Crippen LogP contribution is -2.14. The first-order chi connectivity index (χ1) is 13.1. The predicted octanol–water partition coefficient (Wildman–Crippen LogP) is 3.46. The second-order valence-corrected chi connectivity index (χ2v) is 6.74. The van der Waals surface area contributed by atoms with Gasteiger partial charge in [0.2, 0.25) is 11.1 Å². The number of hydrogen-bond donors (Lipinski definition) is 3. The molecule has 3 N–H and O–H groups in total. The zero-order valence-corrected chi connectivity index (χ0v) is 16.0. The molecule has 0 saturated heterocycles. The molecule has 0 aliphatic carbocycles. The SMILES string of the molecule is COc1ccc(NC(=O)CSc2n[nH]c(CNc3ccccc3C)n2)cc1. The highest BCUT2D eigenvalue weighted by Gasteiger charge is 2.08. The molecule has 0 atom stereocenters. The van der Waals surface area contributed by atoms with Gasteiger partial charge in [0.1, 0.15) is 11.6 Å². The lowest BCUT2D eigenvalue weighted by Gasteiger charge is -2.06. The van der Waals surface area contributed by atoms with Crippen molar-refractivity contribution in [3.8, 4) is 5.75 Å². The van der Waals surface area contributed by atoms with Crippen LogP contribution in [0.1, 0.15) is 11.4 Å². The van der Waals surface area contributed by atoms with Gasteiger partial charge in [0.05, 0.1) is 19.4 Å². The molecule has 3 aromatic rings. The molecule has 0 aliphatic heterocycles. The number of rotatable bonds is 8. The van der Waals surface area contributed by atoms with Gasteiger partial charge in [-0.1, -0.05) is 30.0 Å². The normalized spacial score (nSPS) is 10.4. The van der Waals surface area contributed by atoms with Crippen LogP contribution in [0.3, 0.4) is 0 Å². The van der Waals surface area contributed by atoms with Crippen molar-refractivity contribution >= 4 is 29.0 Å². The molecular formula is C19H21N5O2S.